The monoisotopic (exact) mass is 462 g/mol. The van der Waals surface area contributed by atoms with Gasteiger partial charge in [0, 0.05) is 5.57 Å². The minimum Gasteiger partial charge on any atom is -0.312 e. The fraction of sp³-hybridized carbons (Fsp3) is 0.217. The summed E-state index contributed by atoms with van der Waals surface area (Å²) in [5.41, 5.74) is -1.77. The quantitative estimate of drug-likeness (QED) is 0.162. The van der Waals surface area contributed by atoms with Crippen molar-refractivity contribution < 1.29 is 31.1 Å². The van der Waals surface area contributed by atoms with Gasteiger partial charge in [0.05, 0.1) is 12.2 Å². The van der Waals surface area contributed by atoms with Crippen molar-refractivity contribution in [2.75, 3.05) is 13.3 Å². The molecular weight excluding hydrogens is 437 g/mol. The summed E-state index contributed by atoms with van der Waals surface area (Å²) in [6, 6.07) is 0. The second-order valence-electron chi connectivity index (χ2n) is 5.90. The van der Waals surface area contributed by atoms with Crippen LogP contribution in [0.1, 0.15) is 13.8 Å². The maximum Gasteiger partial charge on any atom is 0.385 e. The Kier molecular flexibility index (Phi) is 12.8. The first-order valence-corrected chi connectivity index (χ1v) is 9.49. The summed E-state index contributed by atoms with van der Waals surface area (Å²) in [6.45, 7) is 10.6. The Morgan fingerprint density at radius 3 is 2.19 bits per heavy atom. The molecule has 31 heavy (non-hydrogen) atoms. The zero-order valence-corrected chi connectivity index (χ0v) is 18.5. The van der Waals surface area contributed by atoms with Crippen LogP contribution in [-0.2, 0) is 4.74 Å². The fourth-order valence-electron chi connectivity index (χ4n) is 2.05. The Hall–Kier alpha value is -2.37. The van der Waals surface area contributed by atoms with Crippen LogP contribution >= 0.6 is 9.24 Å². The largest absolute Gasteiger partial charge is 0.385 e. The molecule has 0 aromatic carbocycles. The summed E-state index contributed by atoms with van der Waals surface area (Å²) in [5.74, 6) is -3.01. The number of alkyl halides is 3. The van der Waals surface area contributed by atoms with Crippen LogP contribution in [-0.4, -0.2) is 19.4 Å². The van der Waals surface area contributed by atoms with Crippen LogP contribution in [0.15, 0.2) is 107 Å². The Balaban J connectivity index is 5.72. The Bertz CT molecular complexity index is 872. The molecule has 0 bridgehead atoms. The van der Waals surface area contributed by atoms with Gasteiger partial charge in [-0.05, 0) is 48.5 Å². The van der Waals surface area contributed by atoms with Crippen LogP contribution in [0.3, 0.4) is 0 Å². The highest BCUT2D eigenvalue weighted by Gasteiger charge is 2.36. The second kappa shape index (κ2) is 13.8. The molecule has 0 fully saturated rings. The molecule has 0 aromatic heterocycles. The molecule has 1 unspecified atom stereocenters. The molecule has 0 aromatic rings. The molecule has 0 aliphatic rings. The van der Waals surface area contributed by atoms with Crippen molar-refractivity contribution in [1.29, 1.82) is 0 Å². The molecule has 0 aliphatic heterocycles. The summed E-state index contributed by atoms with van der Waals surface area (Å²) >= 11 is 0. The van der Waals surface area contributed by atoms with Gasteiger partial charge in [0.1, 0.15) is 24.2 Å². The van der Waals surface area contributed by atoms with E-state index < -0.39 is 42.4 Å². The second-order valence-corrected chi connectivity index (χ2v) is 6.52. The van der Waals surface area contributed by atoms with Crippen molar-refractivity contribution in [2.45, 2.75) is 20.0 Å². The van der Waals surface area contributed by atoms with Gasteiger partial charge in [-0.2, -0.15) is 8.78 Å². The van der Waals surface area contributed by atoms with Gasteiger partial charge in [0.2, 0.25) is 0 Å². The lowest BCUT2D eigenvalue weighted by atomic mass is 10.0. The molecule has 8 heteroatoms. The van der Waals surface area contributed by atoms with Gasteiger partial charge in [0.25, 0.3) is 0 Å². The average molecular weight is 462 g/mol. The van der Waals surface area contributed by atoms with Gasteiger partial charge in [0.15, 0.2) is 0 Å². The van der Waals surface area contributed by atoms with Crippen molar-refractivity contribution in [3.63, 3.8) is 0 Å². The molecule has 0 saturated heterocycles. The first kappa shape index (κ1) is 28.6. The highest BCUT2D eigenvalue weighted by molar-refractivity contribution is 7.23. The van der Waals surface area contributed by atoms with Crippen LogP contribution in [0.4, 0.5) is 26.3 Å². The minimum absolute atomic E-state index is 0.144. The first-order chi connectivity index (χ1) is 14.5. The third kappa shape index (κ3) is 9.11. The highest BCUT2D eigenvalue weighted by Crippen LogP contribution is 2.33. The SMILES string of the molecule is C=C/C=C(C(\F)=C/C)/C(/C=C(/F)C(=C)C(F)(F)OC/C=C(P)\C(C)=C(\F)C=C)=C/CF. The van der Waals surface area contributed by atoms with E-state index in [1.54, 1.807) is 0 Å². The van der Waals surface area contributed by atoms with Crippen molar-refractivity contribution in [2.24, 2.45) is 0 Å². The van der Waals surface area contributed by atoms with Crippen LogP contribution < -0.4 is 0 Å². The molecule has 0 radical (unpaired) electrons. The Morgan fingerprint density at radius 2 is 1.71 bits per heavy atom. The third-order valence-electron chi connectivity index (χ3n) is 3.86. The number of rotatable bonds is 12. The number of hydrogen-bond acceptors (Lipinski definition) is 1. The summed E-state index contributed by atoms with van der Waals surface area (Å²) in [6.07, 6.45) is 2.67. The summed E-state index contributed by atoms with van der Waals surface area (Å²) in [4.78, 5) is 0. The molecular formula is C23H25F6OP. The molecule has 0 rings (SSSR count). The standard InChI is InChI=1S/C23H25F6OP/c1-6-9-18(20(26)8-3)17(10-12-24)14-21(27)16(5)23(28,29)30-13-11-22(31)15(4)19(25)7-2/h6-11,14H,1-2,5,12-13,31H2,3-4H3/b17-10+,18-9-,19-15+,20-8+,21-14+,22-11+. The minimum atomic E-state index is -4.14. The van der Waals surface area contributed by atoms with Crippen LogP contribution in [0.2, 0.25) is 0 Å². The molecule has 0 heterocycles. The van der Waals surface area contributed by atoms with E-state index in [0.29, 0.717) is 6.08 Å². The topological polar surface area (TPSA) is 9.23 Å². The normalized spacial score (nSPS) is 15.6. The zero-order valence-electron chi connectivity index (χ0n) is 17.3. The van der Waals surface area contributed by atoms with Crippen LogP contribution in [0.25, 0.3) is 0 Å². The molecule has 0 aliphatic carbocycles. The summed E-state index contributed by atoms with van der Waals surface area (Å²) < 4.78 is 87.5. The fourth-order valence-corrected chi connectivity index (χ4v) is 2.28. The Morgan fingerprint density at radius 1 is 1.10 bits per heavy atom. The van der Waals surface area contributed by atoms with E-state index in [9.17, 15) is 26.3 Å². The third-order valence-corrected chi connectivity index (χ3v) is 4.53. The van der Waals surface area contributed by atoms with Gasteiger partial charge in [-0.1, -0.05) is 44.0 Å². The molecule has 1 nitrogen and oxygen atoms in total. The van der Waals surface area contributed by atoms with Gasteiger partial charge < -0.3 is 4.74 Å². The number of hydrogen-bond donors (Lipinski definition) is 0. The molecule has 0 amide bonds. The van der Waals surface area contributed by atoms with E-state index in [0.717, 1.165) is 30.4 Å². The van der Waals surface area contributed by atoms with Crippen molar-refractivity contribution >= 4 is 9.24 Å². The van der Waals surface area contributed by atoms with Gasteiger partial charge in [-0.25, -0.2) is 17.6 Å². The van der Waals surface area contributed by atoms with E-state index in [1.165, 1.54) is 19.9 Å². The molecule has 0 saturated carbocycles. The Labute approximate surface area is 181 Å². The number of ether oxygens (including phenoxy) is 1. The first-order valence-electron chi connectivity index (χ1n) is 8.91. The lowest BCUT2D eigenvalue weighted by molar-refractivity contribution is -0.200. The molecule has 0 N–H and O–H groups in total. The zero-order chi connectivity index (χ0) is 24.2. The average Bonchev–Trinajstić information content (AvgIpc) is 2.74. The van der Waals surface area contributed by atoms with E-state index in [-0.39, 0.29) is 22.0 Å². The van der Waals surface area contributed by atoms with Gasteiger partial charge >= 0.3 is 6.11 Å². The predicted molar refractivity (Wildman–Crippen MR) is 118 cm³/mol. The molecule has 170 valence electrons. The van der Waals surface area contributed by atoms with E-state index in [4.69, 9.17) is 0 Å². The highest BCUT2D eigenvalue weighted by atomic mass is 31.0. The maximum absolute atomic E-state index is 14.5. The molecule has 0 spiro atoms. The predicted octanol–water partition coefficient (Wildman–Crippen LogP) is 8.08. The van der Waals surface area contributed by atoms with Crippen molar-refractivity contribution in [3.05, 3.63) is 107 Å². The van der Waals surface area contributed by atoms with Crippen molar-refractivity contribution in [3.8, 4) is 0 Å². The lowest BCUT2D eigenvalue weighted by Gasteiger charge is -2.18. The van der Waals surface area contributed by atoms with Crippen molar-refractivity contribution in [1.82, 2.24) is 0 Å². The number of halogens is 6. The summed E-state index contributed by atoms with van der Waals surface area (Å²) in [5, 5.41) is 0.240. The van der Waals surface area contributed by atoms with E-state index in [1.807, 2.05) is 0 Å². The lowest BCUT2D eigenvalue weighted by Crippen LogP contribution is -2.24. The van der Waals surface area contributed by atoms with E-state index >= 15 is 0 Å². The number of allylic oxidation sites excluding steroid dienone is 12. The summed E-state index contributed by atoms with van der Waals surface area (Å²) in [7, 11) is 2.16. The van der Waals surface area contributed by atoms with E-state index in [2.05, 4.69) is 33.7 Å². The van der Waals surface area contributed by atoms with Gasteiger partial charge in [-0.3, -0.25) is 0 Å². The van der Waals surface area contributed by atoms with Gasteiger partial charge in [-0.15, -0.1) is 9.24 Å². The van der Waals surface area contributed by atoms with Crippen LogP contribution in [0, 0.1) is 0 Å². The molecule has 1 atom stereocenters. The maximum atomic E-state index is 14.5. The smallest absolute Gasteiger partial charge is 0.312 e. The van der Waals surface area contributed by atoms with Crippen LogP contribution in [0.5, 0.6) is 0 Å².